The predicted molar refractivity (Wildman–Crippen MR) is 78.2 cm³/mol. The quantitative estimate of drug-likeness (QED) is 0.857. The molecule has 1 aromatic carbocycles. The number of rotatable bonds is 3. The minimum atomic E-state index is -0.826. The summed E-state index contributed by atoms with van der Waals surface area (Å²) in [7, 11) is -0.404. The predicted octanol–water partition coefficient (Wildman–Crippen LogP) is 1.92. The molecule has 0 spiro atoms. The Morgan fingerprint density at radius 1 is 1.20 bits per heavy atom. The van der Waals surface area contributed by atoms with Gasteiger partial charge in [0.25, 0.3) is 0 Å². The molecule has 4 nitrogen and oxygen atoms in total. The first-order valence-electron chi connectivity index (χ1n) is 6.79. The van der Waals surface area contributed by atoms with Gasteiger partial charge in [0.2, 0.25) is 0 Å². The number of hydrogen-bond donors (Lipinski definition) is 1. The minimum absolute atomic E-state index is 0.0322. The fraction of sp³-hybridized carbons (Fsp3) is 0.533. The van der Waals surface area contributed by atoms with E-state index in [1.165, 1.54) is 0 Å². The molecule has 0 aliphatic carbocycles. The van der Waals surface area contributed by atoms with Gasteiger partial charge in [0.1, 0.15) is 0 Å². The van der Waals surface area contributed by atoms with Crippen LogP contribution in [-0.2, 0) is 20.5 Å². The molecule has 0 atom stereocenters. The van der Waals surface area contributed by atoms with E-state index in [1.54, 1.807) is 0 Å². The molecule has 1 N–H and O–H groups in total. The van der Waals surface area contributed by atoms with Crippen molar-refractivity contribution in [1.82, 2.24) is 0 Å². The lowest BCUT2D eigenvalue weighted by molar-refractivity contribution is -0.136. The lowest BCUT2D eigenvalue weighted by atomic mass is 9.75. The van der Waals surface area contributed by atoms with Gasteiger partial charge in [0.05, 0.1) is 17.6 Å². The normalized spacial score (nSPS) is 20.1. The van der Waals surface area contributed by atoms with E-state index in [0.29, 0.717) is 0 Å². The van der Waals surface area contributed by atoms with E-state index < -0.39 is 13.1 Å². The summed E-state index contributed by atoms with van der Waals surface area (Å²) < 4.78 is 12.0. The van der Waals surface area contributed by atoms with Crippen molar-refractivity contribution in [3.8, 4) is 0 Å². The molecule has 0 aromatic heterocycles. The van der Waals surface area contributed by atoms with Crippen molar-refractivity contribution < 1.29 is 19.2 Å². The molecule has 2 rings (SSSR count). The van der Waals surface area contributed by atoms with Crippen LogP contribution in [-0.4, -0.2) is 29.4 Å². The molecule has 1 aliphatic rings. The summed E-state index contributed by atoms with van der Waals surface area (Å²) in [5.74, 6) is -0.826. The van der Waals surface area contributed by atoms with Crippen molar-refractivity contribution in [2.75, 3.05) is 0 Å². The third-order valence-electron chi connectivity index (χ3n) is 4.20. The molecule has 0 bridgehead atoms. The average molecular weight is 276 g/mol. The van der Waals surface area contributed by atoms with Crippen LogP contribution in [0.3, 0.4) is 0 Å². The van der Waals surface area contributed by atoms with Crippen LogP contribution in [0.5, 0.6) is 0 Å². The largest absolute Gasteiger partial charge is 0.495 e. The maximum atomic E-state index is 10.7. The second kappa shape index (κ2) is 4.90. The van der Waals surface area contributed by atoms with Crippen molar-refractivity contribution in [3.63, 3.8) is 0 Å². The maximum absolute atomic E-state index is 10.7. The zero-order valence-corrected chi connectivity index (χ0v) is 12.7. The van der Waals surface area contributed by atoms with E-state index in [1.807, 2.05) is 52.8 Å². The lowest BCUT2D eigenvalue weighted by Crippen LogP contribution is -2.41. The Hall–Kier alpha value is -1.33. The second-order valence-corrected chi connectivity index (χ2v) is 6.35. The van der Waals surface area contributed by atoms with Gasteiger partial charge in [-0.25, -0.2) is 0 Å². The summed E-state index contributed by atoms with van der Waals surface area (Å²) in [6, 6.07) is 5.60. The van der Waals surface area contributed by atoms with Gasteiger partial charge in [-0.05, 0) is 45.6 Å². The number of hydrogen-bond acceptors (Lipinski definition) is 3. The highest BCUT2D eigenvalue weighted by Gasteiger charge is 2.51. The van der Waals surface area contributed by atoms with Gasteiger partial charge in [-0.2, -0.15) is 0 Å². The van der Waals surface area contributed by atoms with Crippen LogP contribution in [0.1, 0.15) is 38.8 Å². The van der Waals surface area contributed by atoms with E-state index in [9.17, 15) is 4.79 Å². The number of aliphatic carboxylic acids is 1. The standard InChI is InChI=1S/C15H21BO4/c1-10-8-11(9-13(17)18)6-7-12(10)16-19-14(2,3)15(4,5)20-16/h6-8H,9H2,1-5H3,(H,17,18). The number of aryl methyl sites for hydroxylation is 1. The summed E-state index contributed by atoms with van der Waals surface area (Å²) in [6.07, 6.45) is 0.0322. The fourth-order valence-corrected chi connectivity index (χ4v) is 2.26. The Balaban J connectivity index is 2.25. The minimum Gasteiger partial charge on any atom is -0.481 e. The Bertz CT molecular complexity index is 521. The average Bonchev–Trinajstić information content (AvgIpc) is 2.46. The molecule has 0 radical (unpaired) electrons. The van der Waals surface area contributed by atoms with Gasteiger partial charge in [0.15, 0.2) is 0 Å². The number of carboxylic acid groups (broad SMARTS) is 1. The highest BCUT2D eigenvalue weighted by molar-refractivity contribution is 6.62. The van der Waals surface area contributed by atoms with E-state index in [-0.39, 0.29) is 17.6 Å². The molecule has 0 amide bonds. The molecule has 1 fully saturated rings. The van der Waals surface area contributed by atoms with Crippen LogP contribution in [0.25, 0.3) is 0 Å². The summed E-state index contributed by atoms with van der Waals surface area (Å²) in [5.41, 5.74) is 1.99. The van der Waals surface area contributed by atoms with E-state index >= 15 is 0 Å². The third-order valence-corrected chi connectivity index (χ3v) is 4.20. The zero-order chi connectivity index (χ0) is 15.1. The lowest BCUT2D eigenvalue weighted by Gasteiger charge is -2.32. The molecule has 20 heavy (non-hydrogen) atoms. The zero-order valence-electron chi connectivity index (χ0n) is 12.7. The van der Waals surface area contributed by atoms with Crippen LogP contribution in [0.4, 0.5) is 0 Å². The fourth-order valence-electron chi connectivity index (χ4n) is 2.26. The van der Waals surface area contributed by atoms with Crippen molar-refractivity contribution in [3.05, 3.63) is 29.3 Å². The molecule has 0 unspecified atom stereocenters. The topological polar surface area (TPSA) is 55.8 Å². The molecular formula is C15H21BO4. The van der Waals surface area contributed by atoms with Crippen molar-refractivity contribution in [1.29, 1.82) is 0 Å². The van der Waals surface area contributed by atoms with Crippen LogP contribution in [0.2, 0.25) is 0 Å². The molecule has 1 aromatic rings. The molecule has 1 saturated heterocycles. The Morgan fingerprint density at radius 2 is 1.75 bits per heavy atom. The molecule has 5 heteroatoms. The summed E-state index contributed by atoms with van der Waals surface area (Å²) in [4.78, 5) is 10.7. The smallest absolute Gasteiger partial charge is 0.481 e. The highest BCUT2D eigenvalue weighted by Crippen LogP contribution is 2.36. The number of carbonyl (C=O) groups is 1. The van der Waals surface area contributed by atoms with Gasteiger partial charge < -0.3 is 14.4 Å². The van der Waals surface area contributed by atoms with Crippen molar-refractivity contribution in [2.24, 2.45) is 0 Å². The monoisotopic (exact) mass is 276 g/mol. The summed E-state index contributed by atoms with van der Waals surface area (Å²) >= 11 is 0. The van der Waals surface area contributed by atoms with Crippen LogP contribution in [0, 0.1) is 6.92 Å². The van der Waals surface area contributed by atoms with Crippen LogP contribution in [0.15, 0.2) is 18.2 Å². The molecule has 1 heterocycles. The summed E-state index contributed by atoms with van der Waals surface area (Å²) in [6.45, 7) is 10.0. The highest BCUT2D eigenvalue weighted by atomic mass is 16.7. The van der Waals surface area contributed by atoms with Crippen molar-refractivity contribution >= 4 is 18.6 Å². The van der Waals surface area contributed by atoms with Gasteiger partial charge in [-0.15, -0.1) is 0 Å². The maximum Gasteiger partial charge on any atom is 0.495 e. The van der Waals surface area contributed by atoms with E-state index in [0.717, 1.165) is 16.6 Å². The molecule has 108 valence electrons. The van der Waals surface area contributed by atoms with Crippen LogP contribution >= 0.6 is 0 Å². The Labute approximate surface area is 120 Å². The summed E-state index contributed by atoms with van der Waals surface area (Å²) in [5, 5.41) is 8.83. The first kappa shape index (κ1) is 15.1. The Morgan fingerprint density at radius 3 is 2.20 bits per heavy atom. The van der Waals surface area contributed by atoms with Gasteiger partial charge in [-0.1, -0.05) is 23.8 Å². The van der Waals surface area contributed by atoms with Gasteiger partial charge in [-0.3, -0.25) is 4.79 Å². The molecule has 0 saturated carbocycles. The van der Waals surface area contributed by atoms with Crippen LogP contribution < -0.4 is 5.46 Å². The first-order valence-corrected chi connectivity index (χ1v) is 6.79. The molecular weight excluding hydrogens is 255 g/mol. The first-order chi connectivity index (χ1) is 9.12. The Kier molecular flexibility index (Phi) is 3.69. The van der Waals surface area contributed by atoms with E-state index in [2.05, 4.69) is 0 Å². The number of benzene rings is 1. The third kappa shape index (κ3) is 2.74. The second-order valence-electron chi connectivity index (χ2n) is 6.35. The molecule has 1 aliphatic heterocycles. The SMILES string of the molecule is Cc1cc(CC(=O)O)ccc1B1OC(C)(C)C(C)(C)O1. The van der Waals surface area contributed by atoms with Crippen molar-refractivity contribution in [2.45, 2.75) is 52.2 Å². The van der Waals surface area contributed by atoms with Gasteiger partial charge >= 0.3 is 13.1 Å². The van der Waals surface area contributed by atoms with E-state index in [4.69, 9.17) is 14.4 Å². The number of carboxylic acids is 1. The van der Waals surface area contributed by atoms with Gasteiger partial charge in [0, 0.05) is 0 Å².